The lowest BCUT2D eigenvalue weighted by atomic mass is 9.98. The van der Waals surface area contributed by atoms with Crippen LogP contribution in [0.1, 0.15) is 62.4 Å². The Balaban J connectivity index is 0.000000201. The van der Waals surface area contributed by atoms with Crippen LogP contribution in [0.3, 0.4) is 0 Å². The zero-order valence-electron chi connectivity index (χ0n) is 18.1. The molecule has 1 saturated heterocycles. The third kappa shape index (κ3) is 8.16. The number of benzene rings is 1. The molecule has 0 radical (unpaired) electrons. The predicted molar refractivity (Wildman–Crippen MR) is 118 cm³/mol. The lowest BCUT2D eigenvalue weighted by Crippen LogP contribution is -2.13. The minimum absolute atomic E-state index is 0.158. The van der Waals surface area contributed by atoms with E-state index >= 15 is 0 Å². The van der Waals surface area contributed by atoms with Gasteiger partial charge in [-0.3, -0.25) is 4.79 Å². The molecule has 7 heteroatoms. The summed E-state index contributed by atoms with van der Waals surface area (Å²) in [4.78, 5) is 21.7. The van der Waals surface area contributed by atoms with E-state index in [2.05, 4.69) is 10.6 Å². The molecule has 1 aromatic carbocycles. The van der Waals surface area contributed by atoms with Crippen LogP contribution in [0, 0.1) is 0 Å². The van der Waals surface area contributed by atoms with Crippen LogP contribution in [-0.2, 0) is 14.3 Å². The lowest BCUT2D eigenvalue weighted by Gasteiger charge is -2.19. The number of carbonyl (C=O) groups is 2. The summed E-state index contributed by atoms with van der Waals surface area (Å²) in [5, 5.41) is 6.48. The Kier molecular flexibility index (Phi) is 11.0. The normalized spacial score (nSPS) is 16.1. The summed E-state index contributed by atoms with van der Waals surface area (Å²) in [6.45, 7) is 4.53. The second kappa shape index (κ2) is 13.8. The van der Waals surface area contributed by atoms with Crippen molar-refractivity contribution in [2.24, 2.45) is 0 Å². The van der Waals surface area contributed by atoms with Crippen molar-refractivity contribution in [3.05, 3.63) is 30.0 Å². The van der Waals surface area contributed by atoms with Gasteiger partial charge in [0.15, 0.2) is 0 Å². The van der Waals surface area contributed by atoms with Gasteiger partial charge in [0, 0.05) is 18.2 Å². The first-order valence-corrected chi connectivity index (χ1v) is 10.8. The minimum Gasteiger partial charge on any atom is -0.460 e. The van der Waals surface area contributed by atoms with Crippen molar-refractivity contribution in [3.63, 3.8) is 0 Å². The van der Waals surface area contributed by atoms with E-state index in [1.165, 1.54) is 58.0 Å². The van der Waals surface area contributed by atoms with Gasteiger partial charge < -0.3 is 24.5 Å². The van der Waals surface area contributed by atoms with Crippen molar-refractivity contribution in [2.75, 3.05) is 32.1 Å². The molecular weight excluding hydrogens is 384 g/mol. The van der Waals surface area contributed by atoms with E-state index in [1.54, 1.807) is 31.2 Å². The number of hydrogen-bond donors (Lipinski definition) is 2. The Labute approximate surface area is 178 Å². The maximum atomic E-state index is 11.4. The fourth-order valence-corrected chi connectivity index (χ4v) is 3.43. The van der Waals surface area contributed by atoms with Crippen molar-refractivity contribution < 1.29 is 23.5 Å². The zero-order valence-corrected chi connectivity index (χ0v) is 18.1. The number of anilines is 1. The molecule has 1 amide bonds. The monoisotopic (exact) mass is 418 g/mol. The third-order valence-corrected chi connectivity index (χ3v) is 5.06. The molecule has 1 aliphatic carbocycles. The van der Waals surface area contributed by atoms with Crippen LogP contribution in [0.4, 0.5) is 5.69 Å². The second-order valence-electron chi connectivity index (χ2n) is 7.30. The summed E-state index contributed by atoms with van der Waals surface area (Å²) in [6, 6.07) is 6.68. The van der Waals surface area contributed by atoms with E-state index in [1.807, 2.05) is 7.11 Å². The van der Waals surface area contributed by atoms with Gasteiger partial charge in [-0.05, 0) is 70.0 Å². The minimum atomic E-state index is -0.492. The first-order chi connectivity index (χ1) is 14.7. The first-order valence-electron chi connectivity index (χ1n) is 10.8. The van der Waals surface area contributed by atoms with Crippen molar-refractivity contribution in [3.8, 4) is 0 Å². The molecule has 1 aliphatic heterocycles. The number of nitrogens with one attached hydrogen (secondary N) is 2. The molecule has 2 fully saturated rings. The molecule has 7 nitrogen and oxygen atoms in total. The maximum absolute atomic E-state index is 11.4. The van der Waals surface area contributed by atoms with Gasteiger partial charge in [0.2, 0.25) is 12.2 Å². The highest BCUT2D eigenvalue weighted by Gasteiger charge is 2.13. The van der Waals surface area contributed by atoms with Gasteiger partial charge in [-0.1, -0.05) is 19.3 Å². The number of ether oxygens (including phenoxy) is 2. The smallest absolute Gasteiger partial charge is 0.374 e. The molecule has 1 saturated carbocycles. The average Bonchev–Trinajstić information content (AvgIpc) is 3.48. The van der Waals surface area contributed by atoms with E-state index in [0.29, 0.717) is 30.4 Å². The summed E-state index contributed by atoms with van der Waals surface area (Å²) in [5.74, 6) is -0.335. The van der Waals surface area contributed by atoms with Gasteiger partial charge in [0.1, 0.15) is 5.58 Å². The fraction of sp³-hybridized carbons (Fsp3) is 0.565. The summed E-state index contributed by atoms with van der Waals surface area (Å²) >= 11 is 0. The van der Waals surface area contributed by atoms with Gasteiger partial charge in [-0.15, -0.1) is 0 Å². The van der Waals surface area contributed by atoms with Gasteiger partial charge in [-0.2, -0.15) is 0 Å². The largest absolute Gasteiger partial charge is 0.460 e. The Morgan fingerprint density at radius 3 is 2.43 bits per heavy atom. The number of methoxy groups -OCH3 is 1. The van der Waals surface area contributed by atoms with E-state index in [0.717, 1.165) is 5.39 Å². The molecule has 166 valence electrons. The highest BCUT2D eigenvalue weighted by Crippen LogP contribution is 2.23. The first kappa shape index (κ1) is 23.9. The standard InChI is InChI=1S/C12H11NO4.C7H14O.C4H9N/c1-2-16-12(15)11-6-8-5-9(13-7-14)3-4-10(8)17-11;1-8-7-5-3-2-4-6-7;1-2-4-5-3-1/h3-7H,2H2,1H3,(H,13,14);7H,2-6H2,1H3;5H,1-4H2. The van der Waals surface area contributed by atoms with Crippen LogP contribution < -0.4 is 10.6 Å². The summed E-state index contributed by atoms with van der Waals surface area (Å²) in [7, 11) is 1.82. The van der Waals surface area contributed by atoms with E-state index in [4.69, 9.17) is 13.9 Å². The highest BCUT2D eigenvalue weighted by molar-refractivity contribution is 5.94. The fourth-order valence-electron chi connectivity index (χ4n) is 3.43. The van der Waals surface area contributed by atoms with Crippen molar-refractivity contribution in [1.82, 2.24) is 5.32 Å². The Bertz CT molecular complexity index is 756. The molecule has 2 N–H and O–H groups in total. The number of hydrogen-bond acceptors (Lipinski definition) is 6. The third-order valence-electron chi connectivity index (χ3n) is 5.06. The number of esters is 1. The molecule has 0 unspecified atom stereocenters. The zero-order chi connectivity index (χ0) is 21.6. The molecule has 2 aromatic rings. The predicted octanol–water partition coefficient (Wildman–Crippen LogP) is 4.51. The SMILES string of the molecule is C1CCNC1.CCOC(=O)c1cc2cc(NC=O)ccc2o1.COC1CCCCC1. The van der Waals surface area contributed by atoms with Crippen molar-refractivity contribution >= 4 is 29.0 Å². The van der Waals surface area contributed by atoms with Crippen molar-refractivity contribution in [2.45, 2.75) is 58.0 Å². The molecule has 2 aliphatic rings. The van der Waals surface area contributed by atoms with E-state index in [9.17, 15) is 9.59 Å². The molecule has 0 spiro atoms. The average molecular weight is 419 g/mol. The summed E-state index contributed by atoms with van der Waals surface area (Å²) < 4.78 is 15.3. The summed E-state index contributed by atoms with van der Waals surface area (Å²) in [6.07, 6.45) is 10.7. The van der Waals surface area contributed by atoms with Gasteiger partial charge >= 0.3 is 5.97 Å². The number of fused-ring (bicyclic) bond motifs is 1. The lowest BCUT2D eigenvalue weighted by molar-refractivity contribution is -0.105. The highest BCUT2D eigenvalue weighted by atomic mass is 16.5. The molecule has 2 heterocycles. The number of amides is 1. The van der Waals surface area contributed by atoms with Crippen LogP contribution >= 0.6 is 0 Å². The van der Waals surface area contributed by atoms with Crippen LogP contribution in [0.15, 0.2) is 28.7 Å². The van der Waals surface area contributed by atoms with E-state index < -0.39 is 5.97 Å². The maximum Gasteiger partial charge on any atom is 0.374 e. The van der Waals surface area contributed by atoms with Crippen LogP contribution in [0.5, 0.6) is 0 Å². The second-order valence-corrected chi connectivity index (χ2v) is 7.30. The van der Waals surface area contributed by atoms with Gasteiger partial charge in [0.05, 0.1) is 12.7 Å². The van der Waals surface area contributed by atoms with Crippen LogP contribution in [0.25, 0.3) is 11.0 Å². The summed E-state index contributed by atoms with van der Waals surface area (Å²) in [5.41, 5.74) is 1.22. The van der Waals surface area contributed by atoms with E-state index in [-0.39, 0.29) is 5.76 Å². The quantitative estimate of drug-likeness (QED) is 0.548. The molecular formula is C23H34N2O5. The molecule has 4 rings (SSSR count). The molecule has 1 aromatic heterocycles. The van der Waals surface area contributed by atoms with Crippen molar-refractivity contribution in [1.29, 1.82) is 0 Å². The Morgan fingerprint density at radius 1 is 1.17 bits per heavy atom. The number of rotatable bonds is 5. The number of carbonyl (C=O) groups excluding carboxylic acids is 2. The van der Waals surface area contributed by atoms with Gasteiger partial charge in [0.25, 0.3) is 0 Å². The number of furan rings is 1. The Hall–Kier alpha value is -2.38. The van der Waals surface area contributed by atoms with Gasteiger partial charge in [-0.25, -0.2) is 4.79 Å². The topological polar surface area (TPSA) is 89.8 Å². The molecule has 0 atom stereocenters. The van der Waals surface area contributed by atoms with Crippen LogP contribution in [-0.4, -0.2) is 45.3 Å². The Morgan fingerprint density at radius 2 is 1.90 bits per heavy atom. The van der Waals surface area contributed by atoms with Crippen LogP contribution in [0.2, 0.25) is 0 Å². The molecule has 0 bridgehead atoms. The molecule has 30 heavy (non-hydrogen) atoms.